The average Bonchev–Trinajstić information content (AvgIpc) is 2.40. The van der Waals surface area contributed by atoms with Gasteiger partial charge in [0.15, 0.2) is 12.4 Å². The van der Waals surface area contributed by atoms with Crippen LogP contribution in [0.25, 0.3) is 0 Å². The number of carbonyl (C=O) groups excluding carboxylic acids is 1. The van der Waals surface area contributed by atoms with Gasteiger partial charge in [-0.1, -0.05) is 18.2 Å². The molecule has 0 aliphatic rings. The first-order valence-corrected chi connectivity index (χ1v) is 7.13. The van der Waals surface area contributed by atoms with E-state index in [9.17, 15) is 4.79 Å². The molecule has 0 amide bonds. The Kier molecular flexibility index (Phi) is 4.58. The van der Waals surface area contributed by atoms with Crippen molar-refractivity contribution in [1.29, 1.82) is 0 Å². The van der Waals surface area contributed by atoms with Crippen LogP contribution in [0.5, 0.6) is 5.75 Å². The average molecular weight is 366 g/mol. The van der Waals surface area contributed by atoms with E-state index in [-0.39, 0.29) is 12.4 Å². The van der Waals surface area contributed by atoms with Gasteiger partial charge >= 0.3 is 0 Å². The molecule has 0 aliphatic carbocycles. The number of hydrogen-bond donors (Lipinski definition) is 0. The predicted octanol–water partition coefficient (Wildman–Crippen LogP) is 4.17. The van der Waals surface area contributed by atoms with E-state index >= 15 is 0 Å². The second kappa shape index (κ2) is 6.19. The zero-order valence-electron chi connectivity index (χ0n) is 10.9. The largest absolute Gasteiger partial charge is 0.485 e. The van der Waals surface area contributed by atoms with E-state index in [1.807, 2.05) is 49.4 Å². The molecule has 0 unspecified atom stereocenters. The maximum Gasteiger partial charge on any atom is 0.200 e. The Hall–Kier alpha value is -1.36. The number of ether oxygens (including phenoxy) is 1. The number of Topliss-reactive ketones (excluding diaryl/α,β-unsaturated/α-hetero) is 1. The number of hydrogen-bond acceptors (Lipinski definition) is 2. The lowest BCUT2D eigenvalue weighted by molar-refractivity contribution is 0.0921. The highest BCUT2D eigenvalue weighted by Crippen LogP contribution is 2.17. The topological polar surface area (TPSA) is 26.3 Å². The summed E-state index contributed by atoms with van der Waals surface area (Å²) in [7, 11) is 0. The molecule has 0 N–H and O–H groups in total. The van der Waals surface area contributed by atoms with Crippen LogP contribution in [0.3, 0.4) is 0 Å². The first-order chi connectivity index (χ1) is 9.06. The summed E-state index contributed by atoms with van der Waals surface area (Å²) in [5, 5.41) is 0. The highest BCUT2D eigenvalue weighted by molar-refractivity contribution is 14.1. The van der Waals surface area contributed by atoms with Crippen molar-refractivity contribution in [2.24, 2.45) is 0 Å². The fourth-order valence-electron chi connectivity index (χ4n) is 1.67. The molecular formula is C16H15IO2. The smallest absolute Gasteiger partial charge is 0.200 e. The zero-order chi connectivity index (χ0) is 13.8. The number of rotatable bonds is 4. The molecule has 2 nitrogen and oxygen atoms in total. The van der Waals surface area contributed by atoms with Crippen molar-refractivity contribution < 1.29 is 9.53 Å². The van der Waals surface area contributed by atoms with Gasteiger partial charge in [-0.25, -0.2) is 0 Å². The van der Waals surface area contributed by atoms with Crippen LogP contribution in [-0.4, -0.2) is 12.4 Å². The molecule has 0 saturated heterocycles. The molecule has 0 radical (unpaired) electrons. The summed E-state index contributed by atoms with van der Waals surface area (Å²) in [6.07, 6.45) is 0. The van der Waals surface area contributed by atoms with Crippen molar-refractivity contribution in [3.8, 4) is 5.75 Å². The maximum absolute atomic E-state index is 12.0. The Morgan fingerprint density at radius 3 is 2.37 bits per heavy atom. The SMILES string of the molecule is Cc1ccc(OCC(=O)c2ccc(I)cc2)cc1C. The van der Waals surface area contributed by atoms with Gasteiger partial charge in [0.1, 0.15) is 5.75 Å². The van der Waals surface area contributed by atoms with Gasteiger partial charge < -0.3 is 4.74 Å². The lowest BCUT2D eigenvalue weighted by Gasteiger charge is -2.08. The number of carbonyl (C=O) groups is 1. The predicted molar refractivity (Wildman–Crippen MR) is 84.9 cm³/mol. The van der Waals surface area contributed by atoms with Gasteiger partial charge in [-0.3, -0.25) is 4.79 Å². The summed E-state index contributed by atoms with van der Waals surface area (Å²) in [4.78, 5) is 12.0. The van der Waals surface area contributed by atoms with Crippen LogP contribution < -0.4 is 4.74 Å². The van der Waals surface area contributed by atoms with Crippen LogP contribution >= 0.6 is 22.6 Å². The Morgan fingerprint density at radius 1 is 1.05 bits per heavy atom. The lowest BCUT2D eigenvalue weighted by Crippen LogP contribution is -2.11. The summed E-state index contributed by atoms with van der Waals surface area (Å²) in [6, 6.07) is 13.3. The second-order valence-corrected chi connectivity index (χ2v) is 5.71. The standard InChI is InChI=1S/C16H15IO2/c1-11-3-8-15(9-12(11)2)19-10-16(18)13-4-6-14(17)7-5-13/h3-9H,10H2,1-2H3. The summed E-state index contributed by atoms with van der Waals surface area (Å²) in [6.45, 7) is 4.15. The molecule has 0 atom stereocenters. The van der Waals surface area contributed by atoms with E-state index in [2.05, 4.69) is 29.5 Å². The van der Waals surface area contributed by atoms with Crippen LogP contribution in [-0.2, 0) is 0 Å². The fraction of sp³-hybridized carbons (Fsp3) is 0.188. The van der Waals surface area contributed by atoms with Crippen molar-refractivity contribution in [1.82, 2.24) is 0 Å². The molecule has 0 fully saturated rings. The summed E-state index contributed by atoms with van der Waals surface area (Å²) in [5.41, 5.74) is 3.07. The van der Waals surface area contributed by atoms with Gasteiger partial charge in [0.25, 0.3) is 0 Å². The molecule has 0 aromatic heterocycles. The zero-order valence-corrected chi connectivity index (χ0v) is 13.1. The minimum atomic E-state index is -0.00497. The van der Waals surface area contributed by atoms with Crippen molar-refractivity contribution in [2.75, 3.05) is 6.61 Å². The van der Waals surface area contributed by atoms with E-state index in [1.165, 1.54) is 11.1 Å². The third kappa shape index (κ3) is 3.80. The highest BCUT2D eigenvalue weighted by atomic mass is 127. The molecule has 2 aromatic rings. The molecule has 0 bridgehead atoms. The Balaban J connectivity index is 2.00. The Labute approximate surface area is 126 Å². The molecule has 0 saturated carbocycles. The first kappa shape index (κ1) is 14.1. The number of aryl methyl sites for hydroxylation is 2. The second-order valence-electron chi connectivity index (χ2n) is 4.46. The number of benzene rings is 2. The van der Waals surface area contributed by atoms with E-state index < -0.39 is 0 Å². The Morgan fingerprint density at radius 2 is 1.74 bits per heavy atom. The quantitative estimate of drug-likeness (QED) is 0.600. The molecule has 0 spiro atoms. The number of ketones is 1. The Bertz CT molecular complexity index is 588. The van der Waals surface area contributed by atoms with E-state index in [0.717, 1.165) is 9.32 Å². The molecule has 0 aliphatic heterocycles. The number of halogens is 1. The third-order valence-corrected chi connectivity index (χ3v) is 3.73. The minimum Gasteiger partial charge on any atom is -0.485 e. The molecule has 2 aromatic carbocycles. The molecule has 2 rings (SSSR count). The first-order valence-electron chi connectivity index (χ1n) is 6.05. The molecule has 19 heavy (non-hydrogen) atoms. The van der Waals surface area contributed by atoms with E-state index in [1.54, 1.807) is 0 Å². The van der Waals surface area contributed by atoms with E-state index in [4.69, 9.17) is 4.74 Å². The van der Waals surface area contributed by atoms with Gasteiger partial charge in [-0.2, -0.15) is 0 Å². The van der Waals surface area contributed by atoms with Crippen molar-refractivity contribution in [3.05, 3.63) is 62.7 Å². The highest BCUT2D eigenvalue weighted by Gasteiger charge is 2.07. The maximum atomic E-state index is 12.0. The van der Waals surface area contributed by atoms with Crippen molar-refractivity contribution in [2.45, 2.75) is 13.8 Å². The van der Waals surface area contributed by atoms with Gasteiger partial charge in [0.05, 0.1) is 0 Å². The van der Waals surface area contributed by atoms with Crippen LogP contribution in [0.2, 0.25) is 0 Å². The molecule has 3 heteroatoms. The van der Waals surface area contributed by atoms with Crippen LogP contribution in [0.15, 0.2) is 42.5 Å². The normalized spacial score (nSPS) is 10.3. The fourth-order valence-corrected chi connectivity index (χ4v) is 2.03. The van der Waals surface area contributed by atoms with Gasteiger partial charge in [0, 0.05) is 9.13 Å². The van der Waals surface area contributed by atoms with Crippen LogP contribution in [0, 0.1) is 17.4 Å². The van der Waals surface area contributed by atoms with Crippen molar-refractivity contribution in [3.63, 3.8) is 0 Å². The minimum absolute atomic E-state index is 0.00497. The summed E-state index contributed by atoms with van der Waals surface area (Å²) in [5.74, 6) is 0.733. The van der Waals surface area contributed by atoms with Crippen molar-refractivity contribution >= 4 is 28.4 Å². The third-order valence-electron chi connectivity index (χ3n) is 3.01. The van der Waals surface area contributed by atoms with Gasteiger partial charge in [0.2, 0.25) is 0 Å². The van der Waals surface area contributed by atoms with E-state index in [0.29, 0.717) is 5.56 Å². The summed E-state index contributed by atoms with van der Waals surface area (Å²) < 4.78 is 6.65. The van der Waals surface area contributed by atoms with Crippen LogP contribution in [0.1, 0.15) is 21.5 Å². The monoisotopic (exact) mass is 366 g/mol. The molecular weight excluding hydrogens is 351 g/mol. The molecule has 98 valence electrons. The van der Waals surface area contributed by atoms with Crippen LogP contribution in [0.4, 0.5) is 0 Å². The molecule has 0 heterocycles. The van der Waals surface area contributed by atoms with Gasteiger partial charge in [-0.15, -0.1) is 0 Å². The lowest BCUT2D eigenvalue weighted by atomic mass is 10.1. The summed E-state index contributed by atoms with van der Waals surface area (Å²) >= 11 is 2.21. The van der Waals surface area contributed by atoms with Gasteiger partial charge in [-0.05, 0) is 71.8 Å².